The molecule has 0 radical (unpaired) electrons. The van der Waals surface area contributed by atoms with E-state index >= 15 is 0 Å². The summed E-state index contributed by atoms with van der Waals surface area (Å²) in [5.74, 6) is -0.804. The molecule has 14 heteroatoms. The Morgan fingerprint density at radius 2 is 1.77 bits per heavy atom. The monoisotopic (exact) mass is 577 g/mol. The van der Waals surface area contributed by atoms with Crippen LogP contribution in [0.4, 0.5) is 18.3 Å². The molecule has 1 N–H and O–H groups in total. The number of anilines is 1. The number of hydrogen-bond acceptors (Lipinski definition) is 9. The molecule has 2 aliphatic rings. The van der Waals surface area contributed by atoms with Gasteiger partial charge in [-0.05, 0) is 43.9 Å². The van der Waals surface area contributed by atoms with Gasteiger partial charge in [-0.15, -0.1) is 0 Å². The maximum atomic E-state index is 13.5. The number of methoxy groups -OCH3 is 2. The van der Waals surface area contributed by atoms with E-state index in [0.717, 1.165) is 12.1 Å². The molecule has 1 aliphatic carbocycles. The summed E-state index contributed by atoms with van der Waals surface area (Å²) in [4.78, 5) is 40.6. The van der Waals surface area contributed by atoms with Crippen LogP contribution in [-0.2, 0) is 16.6 Å². The molecule has 1 spiro atoms. The molecule has 1 saturated carbocycles. The van der Waals surface area contributed by atoms with Gasteiger partial charge in [0.05, 0.1) is 30.4 Å². The number of carbonyl (C=O) groups excluding carboxylic acids is 2. The van der Waals surface area contributed by atoms with Crippen molar-refractivity contribution in [1.82, 2.24) is 19.9 Å². The Morgan fingerprint density at radius 1 is 1.12 bits per heavy atom. The number of rotatable bonds is 5. The topological polar surface area (TPSA) is 116 Å². The predicted octanol–water partition coefficient (Wildman–Crippen LogP) is 4.75. The summed E-state index contributed by atoms with van der Waals surface area (Å²) in [7, 11) is 6.09. The van der Waals surface area contributed by atoms with E-state index < -0.39 is 23.2 Å². The molecule has 5 rings (SSSR count). The lowest BCUT2D eigenvalue weighted by molar-refractivity contribution is -0.138. The first kappa shape index (κ1) is 27.6. The molecule has 2 amide bonds. The van der Waals surface area contributed by atoms with Crippen LogP contribution >= 0.6 is 11.3 Å². The van der Waals surface area contributed by atoms with E-state index in [0.29, 0.717) is 41.8 Å². The summed E-state index contributed by atoms with van der Waals surface area (Å²) in [5, 5.41) is 2.93. The molecule has 212 valence electrons. The van der Waals surface area contributed by atoms with Gasteiger partial charge in [-0.25, -0.2) is 15.0 Å². The second kappa shape index (κ2) is 10.2. The largest absolute Gasteiger partial charge is 0.481 e. The molecule has 1 aromatic carbocycles. The predicted molar refractivity (Wildman–Crippen MR) is 139 cm³/mol. The number of ether oxygens (including phenoxy) is 3. The Morgan fingerprint density at radius 3 is 2.35 bits per heavy atom. The number of thiazole rings is 1. The molecule has 0 saturated heterocycles. The van der Waals surface area contributed by atoms with E-state index in [4.69, 9.17) is 14.2 Å². The molecule has 0 bridgehead atoms. The minimum Gasteiger partial charge on any atom is -0.481 e. The third-order valence-electron chi connectivity index (χ3n) is 7.11. The van der Waals surface area contributed by atoms with Gasteiger partial charge >= 0.3 is 6.18 Å². The van der Waals surface area contributed by atoms with Crippen LogP contribution in [0.25, 0.3) is 11.3 Å². The van der Waals surface area contributed by atoms with Crippen LogP contribution in [0.5, 0.6) is 17.5 Å². The van der Waals surface area contributed by atoms with Crippen molar-refractivity contribution in [3.63, 3.8) is 0 Å². The van der Waals surface area contributed by atoms with E-state index in [1.165, 1.54) is 42.8 Å². The highest BCUT2D eigenvalue weighted by atomic mass is 32.1. The van der Waals surface area contributed by atoms with Crippen molar-refractivity contribution in [3.8, 4) is 28.8 Å². The van der Waals surface area contributed by atoms with Crippen molar-refractivity contribution in [2.75, 3.05) is 33.6 Å². The highest BCUT2D eigenvalue weighted by molar-refractivity contribution is 7.16. The zero-order valence-electron chi connectivity index (χ0n) is 22.1. The van der Waals surface area contributed by atoms with Gasteiger partial charge in [0.25, 0.3) is 5.91 Å². The van der Waals surface area contributed by atoms with Gasteiger partial charge in [-0.3, -0.25) is 14.9 Å². The standard InChI is InChI=1S/C26H26F3N5O5S/c1-34(2)23(36)13-7-9-25(10-8-13)19-18(15-6-5-14(26(27,28)29)11-16(15)39-25)32-24(40-19)33-20(35)17-21(37-3)30-12-31-22(17)38-4/h5-6,11-13H,7-10H2,1-4H3,(H,32,33,35). The molecule has 40 heavy (non-hydrogen) atoms. The molecular formula is C26H26F3N5O5S. The average Bonchev–Trinajstić information content (AvgIpc) is 3.36. The molecule has 0 atom stereocenters. The van der Waals surface area contributed by atoms with Crippen LogP contribution in [0.3, 0.4) is 0 Å². The third-order valence-corrected chi connectivity index (χ3v) is 8.26. The van der Waals surface area contributed by atoms with Gasteiger partial charge in [0, 0.05) is 25.6 Å². The second-order valence-corrected chi connectivity index (χ2v) is 10.7. The number of hydrogen-bond donors (Lipinski definition) is 1. The number of carbonyl (C=O) groups is 2. The van der Waals surface area contributed by atoms with Gasteiger partial charge < -0.3 is 19.1 Å². The van der Waals surface area contributed by atoms with Crippen molar-refractivity contribution in [2.45, 2.75) is 37.5 Å². The molecule has 2 aromatic heterocycles. The molecule has 1 fully saturated rings. The zero-order valence-corrected chi connectivity index (χ0v) is 22.9. The first-order chi connectivity index (χ1) is 19.0. The van der Waals surface area contributed by atoms with Crippen LogP contribution in [-0.4, -0.2) is 60.0 Å². The Bertz CT molecular complexity index is 1450. The SMILES string of the molecule is COc1ncnc(OC)c1C(=O)Nc1nc2c(s1)C1(CCC(C(=O)N(C)C)CC1)Oc1cc(C(F)(F)F)ccc1-2. The third kappa shape index (κ3) is 4.80. The van der Waals surface area contributed by atoms with E-state index in [1.807, 2.05) is 0 Å². The number of amides is 2. The van der Waals surface area contributed by atoms with Crippen molar-refractivity contribution in [2.24, 2.45) is 5.92 Å². The molecular weight excluding hydrogens is 551 g/mol. The van der Waals surface area contributed by atoms with Crippen LogP contribution in [0.1, 0.15) is 46.5 Å². The van der Waals surface area contributed by atoms with Crippen molar-refractivity contribution < 1.29 is 37.0 Å². The number of nitrogens with zero attached hydrogens (tertiary/aromatic N) is 4. The number of nitrogens with one attached hydrogen (secondary N) is 1. The van der Waals surface area contributed by atoms with Crippen LogP contribution < -0.4 is 19.5 Å². The summed E-state index contributed by atoms with van der Waals surface area (Å²) in [6, 6.07) is 3.28. The molecule has 10 nitrogen and oxygen atoms in total. The minimum absolute atomic E-state index is 0.000574. The molecule has 3 aromatic rings. The second-order valence-electron chi connectivity index (χ2n) is 9.73. The van der Waals surface area contributed by atoms with Crippen molar-refractivity contribution in [1.29, 1.82) is 0 Å². The smallest absolute Gasteiger partial charge is 0.416 e. The number of benzene rings is 1. The summed E-state index contributed by atoms with van der Waals surface area (Å²) < 4.78 is 57.4. The minimum atomic E-state index is -4.56. The first-order valence-electron chi connectivity index (χ1n) is 12.3. The Kier molecular flexibility index (Phi) is 7.06. The lowest BCUT2D eigenvalue weighted by Gasteiger charge is -2.42. The highest BCUT2D eigenvalue weighted by Gasteiger charge is 2.48. The van der Waals surface area contributed by atoms with E-state index in [-0.39, 0.29) is 40.0 Å². The van der Waals surface area contributed by atoms with E-state index in [9.17, 15) is 22.8 Å². The fraction of sp³-hybridized carbons (Fsp3) is 0.423. The Hall–Kier alpha value is -3.94. The molecule has 0 unspecified atom stereocenters. The molecule has 1 aliphatic heterocycles. The van der Waals surface area contributed by atoms with E-state index in [2.05, 4.69) is 20.3 Å². The van der Waals surface area contributed by atoms with Crippen molar-refractivity contribution in [3.05, 3.63) is 40.5 Å². The van der Waals surface area contributed by atoms with Crippen LogP contribution in [0.15, 0.2) is 24.5 Å². The Balaban J connectivity index is 1.55. The Labute approximate surface area is 231 Å². The lowest BCUT2D eigenvalue weighted by Crippen LogP contribution is -2.42. The van der Waals surface area contributed by atoms with Gasteiger partial charge in [-0.1, -0.05) is 11.3 Å². The van der Waals surface area contributed by atoms with Crippen LogP contribution in [0, 0.1) is 5.92 Å². The number of fused-ring (bicyclic) bond motifs is 4. The molecule has 3 heterocycles. The zero-order chi connectivity index (χ0) is 28.8. The van der Waals surface area contributed by atoms with Gasteiger partial charge in [0.2, 0.25) is 17.7 Å². The number of alkyl halides is 3. The van der Waals surface area contributed by atoms with Crippen molar-refractivity contribution >= 4 is 28.3 Å². The summed E-state index contributed by atoms with van der Waals surface area (Å²) in [5.41, 5.74) is -1.06. The van der Waals surface area contributed by atoms with Gasteiger partial charge in [0.15, 0.2) is 10.7 Å². The van der Waals surface area contributed by atoms with Gasteiger partial charge in [-0.2, -0.15) is 13.2 Å². The quantitative estimate of drug-likeness (QED) is 0.462. The summed E-state index contributed by atoms with van der Waals surface area (Å²) in [6.07, 6.45) is -1.60. The maximum Gasteiger partial charge on any atom is 0.416 e. The number of halogens is 3. The normalized spacial score (nSPS) is 19.7. The lowest BCUT2D eigenvalue weighted by atomic mass is 9.75. The fourth-order valence-electron chi connectivity index (χ4n) is 5.14. The first-order valence-corrected chi connectivity index (χ1v) is 13.2. The van der Waals surface area contributed by atoms with Crippen LogP contribution in [0.2, 0.25) is 0 Å². The number of aromatic nitrogens is 3. The fourth-order valence-corrected chi connectivity index (χ4v) is 6.30. The maximum absolute atomic E-state index is 13.5. The average molecular weight is 578 g/mol. The van der Waals surface area contributed by atoms with E-state index in [1.54, 1.807) is 14.1 Å². The highest BCUT2D eigenvalue weighted by Crippen LogP contribution is 2.55. The summed E-state index contributed by atoms with van der Waals surface area (Å²) >= 11 is 1.17. The van der Waals surface area contributed by atoms with Gasteiger partial charge in [0.1, 0.15) is 17.7 Å². The summed E-state index contributed by atoms with van der Waals surface area (Å²) in [6.45, 7) is 0.